The minimum atomic E-state index is -0.589. The van der Waals surface area contributed by atoms with Crippen molar-refractivity contribution in [3.05, 3.63) is 12.0 Å². The van der Waals surface area contributed by atoms with Gasteiger partial charge >= 0.3 is 6.09 Å². The fourth-order valence-electron chi connectivity index (χ4n) is 2.83. The molecule has 2 unspecified atom stereocenters. The van der Waals surface area contributed by atoms with Gasteiger partial charge in [-0.2, -0.15) is 0 Å². The van der Waals surface area contributed by atoms with Gasteiger partial charge in [-0.05, 0) is 46.8 Å². The summed E-state index contributed by atoms with van der Waals surface area (Å²) in [4.78, 5) is 22.2. The zero-order valence-electron chi connectivity index (χ0n) is 19.1. The van der Waals surface area contributed by atoms with Gasteiger partial charge in [-0.25, -0.2) is 14.8 Å². The normalized spacial score (nSPS) is 20.0. The average molecular weight is 429 g/mol. The summed E-state index contributed by atoms with van der Waals surface area (Å²) in [6.45, 7) is 14.0. The highest BCUT2D eigenvalue weighted by molar-refractivity contribution is 5.84. The van der Waals surface area contributed by atoms with Crippen LogP contribution in [0.4, 0.5) is 9.18 Å². The molecule has 0 aromatic rings. The van der Waals surface area contributed by atoms with Gasteiger partial charge in [0.2, 0.25) is 5.96 Å². The maximum atomic E-state index is 13.2. The lowest BCUT2D eigenvalue weighted by molar-refractivity contribution is 0.0491. The number of halogens is 1. The summed E-state index contributed by atoms with van der Waals surface area (Å²) in [6, 6.07) is 0. The molecular formula is C21H37FN4O4. The van der Waals surface area contributed by atoms with E-state index >= 15 is 0 Å². The number of amides is 1. The first kappa shape index (κ1) is 25.9. The van der Waals surface area contributed by atoms with Gasteiger partial charge in [0.15, 0.2) is 0 Å². The second kappa shape index (κ2) is 12.5. The van der Waals surface area contributed by atoms with Crippen molar-refractivity contribution < 1.29 is 23.4 Å². The van der Waals surface area contributed by atoms with Crippen molar-refractivity contribution in [2.24, 2.45) is 21.8 Å². The van der Waals surface area contributed by atoms with Crippen LogP contribution < -0.4 is 5.32 Å². The minimum absolute atomic E-state index is 0.165. The molecule has 1 N–H and O–H groups in total. The van der Waals surface area contributed by atoms with Crippen molar-refractivity contribution in [2.45, 2.75) is 52.7 Å². The molecule has 0 spiro atoms. The van der Waals surface area contributed by atoms with Crippen molar-refractivity contribution in [2.75, 3.05) is 40.0 Å². The molecule has 0 saturated carbocycles. The summed E-state index contributed by atoms with van der Waals surface area (Å²) in [5.74, 6) is 0.579. The Balaban J connectivity index is 2.62. The molecule has 0 aromatic carbocycles. The molecule has 0 bridgehead atoms. The Labute approximate surface area is 179 Å². The second-order valence-corrected chi connectivity index (χ2v) is 8.50. The Morgan fingerprint density at radius 2 is 2.13 bits per heavy atom. The summed E-state index contributed by atoms with van der Waals surface area (Å²) in [6.07, 6.45) is 2.12. The van der Waals surface area contributed by atoms with Crippen LogP contribution in [0.15, 0.2) is 21.9 Å². The second-order valence-electron chi connectivity index (χ2n) is 8.50. The number of allylic oxidation sites excluding steroid dienone is 1. The van der Waals surface area contributed by atoms with Crippen LogP contribution in [0.25, 0.3) is 0 Å². The Kier molecular flexibility index (Phi) is 10.8. The number of likely N-dealkylation sites (tertiary alicyclic amines) is 1. The monoisotopic (exact) mass is 428 g/mol. The highest BCUT2D eigenvalue weighted by Gasteiger charge is 2.24. The molecule has 1 aliphatic rings. The van der Waals surface area contributed by atoms with Crippen LogP contribution in [0.5, 0.6) is 0 Å². The van der Waals surface area contributed by atoms with Gasteiger partial charge in [0.1, 0.15) is 11.4 Å². The van der Waals surface area contributed by atoms with Gasteiger partial charge in [0, 0.05) is 32.7 Å². The summed E-state index contributed by atoms with van der Waals surface area (Å²) >= 11 is 0. The van der Waals surface area contributed by atoms with E-state index in [9.17, 15) is 9.18 Å². The molecule has 3 atom stereocenters. The molecule has 0 radical (unpaired) electrons. The van der Waals surface area contributed by atoms with Crippen molar-refractivity contribution in [3.63, 3.8) is 0 Å². The zero-order chi connectivity index (χ0) is 22.7. The SMILES string of the molecule is C=N/C(=N\C=C(/C)OCC(CNC(=O)OC(C)(C)C)C(C)CF)N1CC[C@H](OC)C1. The fourth-order valence-corrected chi connectivity index (χ4v) is 2.83. The number of carbonyl (C=O) groups excluding carboxylic acids is 1. The highest BCUT2D eigenvalue weighted by Crippen LogP contribution is 2.16. The molecule has 1 saturated heterocycles. The van der Waals surface area contributed by atoms with Gasteiger partial charge < -0.3 is 24.4 Å². The molecule has 0 aliphatic carbocycles. The largest absolute Gasteiger partial charge is 0.496 e. The number of methoxy groups -OCH3 is 1. The number of nitrogens with zero attached hydrogens (tertiary/aromatic N) is 3. The predicted molar refractivity (Wildman–Crippen MR) is 117 cm³/mol. The average Bonchev–Trinajstić information content (AvgIpc) is 3.15. The molecule has 1 rings (SSSR count). The molecule has 9 heteroatoms. The molecule has 172 valence electrons. The lowest BCUT2D eigenvalue weighted by atomic mass is 9.96. The summed E-state index contributed by atoms with van der Waals surface area (Å²) < 4.78 is 29.6. The third-order valence-corrected chi connectivity index (χ3v) is 4.75. The van der Waals surface area contributed by atoms with E-state index in [-0.39, 0.29) is 31.1 Å². The number of guanidine groups is 1. The number of carbonyl (C=O) groups is 1. The summed E-state index contributed by atoms with van der Waals surface area (Å²) in [5, 5.41) is 2.69. The first-order valence-corrected chi connectivity index (χ1v) is 10.2. The van der Waals surface area contributed by atoms with E-state index in [0.29, 0.717) is 18.3 Å². The minimum Gasteiger partial charge on any atom is -0.496 e. The number of rotatable bonds is 9. The first-order valence-electron chi connectivity index (χ1n) is 10.2. The van der Waals surface area contributed by atoms with Crippen molar-refractivity contribution in [1.82, 2.24) is 10.2 Å². The molecule has 1 amide bonds. The maximum Gasteiger partial charge on any atom is 0.407 e. The van der Waals surface area contributed by atoms with Crippen molar-refractivity contribution >= 4 is 18.8 Å². The number of alkyl carbamates (subject to hydrolysis) is 1. The van der Waals surface area contributed by atoms with Crippen LogP contribution in [0, 0.1) is 11.8 Å². The van der Waals surface area contributed by atoms with Gasteiger partial charge in [-0.1, -0.05) is 6.92 Å². The van der Waals surface area contributed by atoms with E-state index in [2.05, 4.69) is 22.0 Å². The Hall–Kier alpha value is -2.16. The van der Waals surface area contributed by atoms with Crippen LogP contribution in [0.1, 0.15) is 41.0 Å². The van der Waals surface area contributed by atoms with Gasteiger partial charge in [0.05, 0.1) is 25.6 Å². The third kappa shape index (κ3) is 9.56. The zero-order valence-corrected chi connectivity index (χ0v) is 19.1. The van der Waals surface area contributed by atoms with Crippen molar-refractivity contribution in [1.29, 1.82) is 0 Å². The third-order valence-electron chi connectivity index (χ3n) is 4.75. The Morgan fingerprint density at radius 1 is 1.43 bits per heavy atom. The number of hydrogen-bond donors (Lipinski definition) is 1. The molecular weight excluding hydrogens is 391 g/mol. The molecule has 1 heterocycles. The van der Waals surface area contributed by atoms with Crippen LogP contribution in [-0.4, -0.2) is 75.4 Å². The quantitative estimate of drug-likeness (QED) is 0.346. The van der Waals surface area contributed by atoms with Gasteiger partial charge in [-0.15, -0.1) is 0 Å². The maximum absolute atomic E-state index is 13.2. The molecule has 30 heavy (non-hydrogen) atoms. The Morgan fingerprint density at radius 3 is 2.67 bits per heavy atom. The van der Waals surface area contributed by atoms with Gasteiger partial charge in [-0.3, -0.25) is 4.39 Å². The number of ether oxygens (including phenoxy) is 3. The number of hydrogen-bond acceptors (Lipinski definition) is 5. The molecule has 1 fully saturated rings. The van der Waals surface area contributed by atoms with E-state index in [1.165, 1.54) is 0 Å². The molecule has 1 aliphatic heterocycles. The smallest absolute Gasteiger partial charge is 0.407 e. The molecule has 8 nitrogen and oxygen atoms in total. The lowest BCUT2D eigenvalue weighted by Gasteiger charge is -2.24. The van der Waals surface area contributed by atoms with E-state index < -0.39 is 18.4 Å². The van der Waals surface area contributed by atoms with E-state index in [0.717, 1.165) is 13.0 Å². The summed E-state index contributed by atoms with van der Waals surface area (Å²) in [7, 11) is 1.69. The number of alkyl halides is 1. The fraction of sp³-hybridized carbons (Fsp3) is 0.762. The van der Waals surface area contributed by atoms with Crippen LogP contribution in [0.3, 0.4) is 0 Å². The Bertz CT molecular complexity index is 619. The van der Waals surface area contributed by atoms with Crippen LogP contribution >= 0.6 is 0 Å². The van der Waals surface area contributed by atoms with Gasteiger partial charge in [0.25, 0.3) is 0 Å². The van der Waals surface area contributed by atoms with E-state index in [1.54, 1.807) is 47.9 Å². The highest BCUT2D eigenvalue weighted by atomic mass is 19.1. The van der Waals surface area contributed by atoms with Crippen molar-refractivity contribution in [3.8, 4) is 0 Å². The lowest BCUT2D eigenvalue weighted by Crippen LogP contribution is -2.38. The van der Waals surface area contributed by atoms with E-state index in [4.69, 9.17) is 14.2 Å². The standard InChI is InChI=1S/C21H37FN4O4/c1-15(10-22)17(12-25-20(27)30-21(3,4)5)14-29-16(2)11-24-19(23-6)26-9-8-18(13-26)28-7/h11,15,17-18H,6,8-10,12-14H2,1-5,7H3,(H,25,27)/b16-11+,24-19+/t15?,17?,18-/m0/s1. The predicted octanol–water partition coefficient (Wildman–Crippen LogP) is 3.39. The topological polar surface area (TPSA) is 84.8 Å². The number of nitrogens with one attached hydrogen (secondary N) is 1. The van der Waals surface area contributed by atoms with E-state index in [1.807, 2.05) is 4.90 Å². The van der Waals surface area contributed by atoms with Crippen LogP contribution in [-0.2, 0) is 14.2 Å². The van der Waals surface area contributed by atoms with Crippen LogP contribution in [0.2, 0.25) is 0 Å². The summed E-state index contributed by atoms with van der Waals surface area (Å²) in [5.41, 5.74) is -0.589. The first-order chi connectivity index (χ1) is 14.1. The molecule has 0 aromatic heterocycles. The number of aliphatic imine (C=N–C) groups is 2.